The molecular formula is C20H30O4. The Balaban J connectivity index is 3.01. The maximum Gasteiger partial charge on any atom is 0.333 e. The van der Waals surface area contributed by atoms with Crippen molar-refractivity contribution in [3.8, 4) is 0 Å². The molecule has 0 saturated carbocycles. The fraction of sp³-hybridized carbons (Fsp3) is 0.550. The predicted molar refractivity (Wildman–Crippen MR) is 96.6 cm³/mol. The zero-order valence-corrected chi connectivity index (χ0v) is 15.6. The summed E-state index contributed by atoms with van der Waals surface area (Å²) >= 11 is 0. The highest BCUT2D eigenvalue weighted by Crippen LogP contribution is 2.38. The molecule has 1 heterocycles. The van der Waals surface area contributed by atoms with E-state index in [1.54, 1.807) is 39.8 Å². The van der Waals surface area contributed by atoms with Gasteiger partial charge in [0.2, 0.25) is 0 Å². The summed E-state index contributed by atoms with van der Waals surface area (Å²) in [6, 6.07) is 0. The van der Waals surface area contributed by atoms with Gasteiger partial charge >= 0.3 is 5.97 Å². The third kappa shape index (κ3) is 5.18. The molecule has 1 N–H and O–H groups in total. The smallest absolute Gasteiger partial charge is 0.333 e. The lowest BCUT2D eigenvalue weighted by Crippen LogP contribution is -2.59. The van der Waals surface area contributed by atoms with Crippen LogP contribution >= 0.6 is 0 Å². The van der Waals surface area contributed by atoms with Gasteiger partial charge in [-0.2, -0.15) is 0 Å². The van der Waals surface area contributed by atoms with Gasteiger partial charge in [-0.15, -0.1) is 0 Å². The lowest BCUT2D eigenvalue weighted by Gasteiger charge is -2.48. The highest BCUT2D eigenvalue weighted by molar-refractivity contribution is 5.87. The van der Waals surface area contributed by atoms with Gasteiger partial charge in [-0.25, -0.2) is 4.79 Å². The number of aliphatic hydroxyl groups excluding tert-OH is 1. The van der Waals surface area contributed by atoms with E-state index in [0.717, 1.165) is 5.57 Å². The van der Waals surface area contributed by atoms with Crippen LogP contribution in [0.4, 0.5) is 0 Å². The molecule has 1 aliphatic heterocycles. The Kier molecular flexibility index (Phi) is 6.76. The molecule has 0 bridgehead atoms. The minimum Gasteiger partial charge on any atom is -0.456 e. The molecule has 0 radical (unpaired) electrons. The van der Waals surface area contributed by atoms with E-state index in [1.807, 2.05) is 32.1 Å². The highest BCUT2D eigenvalue weighted by Gasteiger charge is 2.49. The summed E-state index contributed by atoms with van der Waals surface area (Å²) in [6.07, 6.45) is 8.10. The second-order valence-corrected chi connectivity index (χ2v) is 7.06. The van der Waals surface area contributed by atoms with Gasteiger partial charge in [0.15, 0.2) is 0 Å². The Hall–Kier alpha value is -1.65. The summed E-state index contributed by atoms with van der Waals surface area (Å²) in [6.45, 7) is 14.7. The summed E-state index contributed by atoms with van der Waals surface area (Å²) in [5.41, 5.74) is 0.0867. The van der Waals surface area contributed by atoms with E-state index < -0.39 is 29.4 Å². The Bertz CT molecular complexity index is 568. The number of esters is 1. The van der Waals surface area contributed by atoms with Crippen molar-refractivity contribution in [3.63, 3.8) is 0 Å². The first-order chi connectivity index (χ1) is 11.0. The van der Waals surface area contributed by atoms with Crippen LogP contribution < -0.4 is 0 Å². The molecule has 1 fully saturated rings. The first-order valence-corrected chi connectivity index (χ1v) is 8.25. The second kappa shape index (κ2) is 7.95. The minimum absolute atomic E-state index is 0.387. The second-order valence-electron chi connectivity index (χ2n) is 7.06. The molecule has 0 amide bonds. The quantitative estimate of drug-likeness (QED) is 0.471. The van der Waals surface area contributed by atoms with Crippen molar-refractivity contribution in [3.05, 3.63) is 48.1 Å². The van der Waals surface area contributed by atoms with Gasteiger partial charge in [0.05, 0.1) is 11.2 Å². The topological polar surface area (TPSA) is 55.8 Å². The molecule has 1 rings (SSSR count). The van der Waals surface area contributed by atoms with Crippen molar-refractivity contribution in [2.45, 2.75) is 71.4 Å². The predicted octanol–water partition coefficient (Wildman–Crippen LogP) is 3.87. The summed E-state index contributed by atoms with van der Waals surface area (Å²) in [5.74, 6) is -0.409. The van der Waals surface area contributed by atoms with Crippen LogP contribution in [0, 0.1) is 0 Å². The van der Waals surface area contributed by atoms with E-state index in [-0.39, 0.29) is 0 Å². The van der Waals surface area contributed by atoms with E-state index >= 15 is 0 Å². The first-order valence-electron chi connectivity index (χ1n) is 8.25. The molecule has 0 aromatic carbocycles. The third-order valence-electron chi connectivity index (χ3n) is 4.31. The van der Waals surface area contributed by atoms with E-state index in [1.165, 1.54) is 0 Å². The summed E-state index contributed by atoms with van der Waals surface area (Å²) in [4.78, 5) is 12.1. The summed E-state index contributed by atoms with van der Waals surface area (Å²) in [7, 11) is 0. The number of allylic oxidation sites excluding steroid dienone is 5. The monoisotopic (exact) mass is 334 g/mol. The average Bonchev–Trinajstić information content (AvgIpc) is 2.50. The average molecular weight is 334 g/mol. The molecule has 3 atom stereocenters. The molecule has 0 spiro atoms. The molecular weight excluding hydrogens is 304 g/mol. The van der Waals surface area contributed by atoms with E-state index in [0.29, 0.717) is 12.0 Å². The standard InChI is InChI=1S/C20H30O4/c1-8-14(3)11-10-12-20(7)13-16(17(21)19(5,6)24-20)23-18(22)15(4)9-2/h8-12,16-17,21H,1,13H2,2-7H3. The van der Waals surface area contributed by atoms with Crippen molar-refractivity contribution in [2.75, 3.05) is 0 Å². The summed E-state index contributed by atoms with van der Waals surface area (Å²) in [5, 5.41) is 10.5. The van der Waals surface area contributed by atoms with Crippen LogP contribution in [0.25, 0.3) is 0 Å². The minimum atomic E-state index is -0.891. The Morgan fingerprint density at radius 2 is 1.96 bits per heavy atom. The van der Waals surface area contributed by atoms with Crippen LogP contribution in [-0.4, -0.2) is 34.5 Å². The third-order valence-corrected chi connectivity index (χ3v) is 4.31. The Morgan fingerprint density at radius 3 is 2.50 bits per heavy atom. The van der Waals surface area contributed by atoms with Crippen LogP contribution in [0.2, 0.25) is 0 Å². The largest absolute Gasteiger partial charge is 0.456 e. The highest BCUT2D eigenvalue weighted by atomic mass is 16.6. The van der Waals surface area contributed by atoms with Crippen molar-refractivity contribution >= 4 is 5.97 Å². The Labute approximate surface area is 145 Å². The molecule has 0 aromatic heterocycles. The molecule has 0 aromatic rings. The van der Waals surface area contributed by atoms with Crippen molar-refractivity contribution in [2.24, 2.45) is 0 Å². The fourth-order valence-electron chi connectivity index (χ4n) is 2.69. The zero-order valence-electron chi connectivity index (χ0n) is 15.6. The molecule has 24 heavy (non-hydrogen) atoms. The summed E-state index contributed by atoms with van der Waals surface area (Å²) < 4.78 is 11.6. The van der Waals surface area contributed by atoms with Crippen molar-refractivity contribution in [1.29, 1.82) is 0 Å². The lowest BCUT2D eigenvalue weighted by molar-refractivity contribution is -0.239. The maximum atomic E-state index is 12.1. The molecule has 1 aliphatic rings. The molecule has 3 unspecified atom stereocenters. The fourth-order valence-corrected chi connectivity index (χ4v) is 2.69. The number of hydrogen-bond acceptors (Lipinski definition) is 4. The van der Waals surface area contributed by atoms with E-state index in [2.05, 4.69) is 6.58 Å². The zero-order chi connectivity index (χ0) is 18.5. The number of carbonyl (C=O) groups excluding carboxylic acids is 1. The van der Waals surface area contributed by atoms with Gasteiger partial charge in [-0.05, 0) is 41.5 Å². The number of aliphatic hydroxyl groups is 1. The van der Waals surface area contributed by atoms with Gasteiger partial charge in [0.1, 0.15) is 12.2 Å². The van der Waals surface area contributed by atoms with Crippen molar-refractivity contribution in [1.82, 2.24) is 0 Å². The number of carbonyl (C=O) groups is 1. The molecule has 134 valence electrons. The molecule has 4 heteroatoms. The number of rotatable bonds is 5. The van der Waals surface area contributed by atoms with Crippen LogP contribution in [0.1, 0.15) is 48.0 Å². The lowest BCUT2D eigenvalue weighted by atomic mass is 9.83. The molecule has 4 nitrogen and oxygen atoms in total. The van der Waals surface area contributed by atoms with Crippen molar-refractivity contribution < 1.29 is 19.4 Å². The van der Waals surface area contributed by atoms with Gasteiger partial charge in [0, 0.05) is 12.0 Å². The maximum absolute atomic E-state index is 12.1. The van der Waals surface area contributed by atoms with Gasteiger partial charge < -0.3 is 14.6 Å². The van der Waals surface area contributed by atoms with Gasteiger partial charge in [-0.1, -0.05) is 42.5 Å². The SMILES string of the molecule is C=CC(C)=CC=CC1(C)CC(OC(=O)C(C)=CC)C(O)C(C)(C)O1. The van der Waals surface area contributed by atoms with Gasteiger partial charge in [-0.3, -0.25) is 0 Å². The number of ether oxygens (including phenoxy) is 2. The normalized spacial score (nSPS) is 31.1. The molecule has 1 saturated heterocycles. The van der Waals surface area contributed by atoms with Crippen LogP contribution in [-0.2, 0) is 14.3 Å². The number of hydrogen-bond donors (Lipinski definition) is 1. The van der Waals surface area contributed by atoms with Gasteiger partial charge in [0.25, 0.3) is 0 Å². The van der Waals surface area contributed by atoms with E-state index in [4.69, 9.17) is 9.47 Å². The molecule has 0 aliphatic carbocycles. The Morgan fingerprint density at radius 1 is 1.33 bits per heavy atom. The van der Waals surface area contributed by atoms with Crippen LogP contribution in [0.3, 0.4) is 0 Å². The van der Waals surface area contributed by atoms with Crippen LogP contribution in [0.15, 0.2) is 48.1 Å². The van der Waals surface area contributed by atoms with Crippen LogP contribution in [0.5, 0.6) is 0 Å². The van der Waals surface area contributed by atoms with E-state index in [9.17, 15) is 9.90 Å². The first kappa shape index (κ1) is 20.4.